The number of nitriles is 1. The number of esters is 2. The van der Waals surface area contributed by atoms with Gasteiger partial charge in [0.05, 0.1) is 36.5 Å². The number of carbonyl (C=O) groups excluding carboxylic acids is 2. The van der Waals surface area contributed by atoms with Crippen LogP contribution in [0.3, 0.4) is 0 Å². The van der Waals surface area contributed by atoms with Crippen LogP contribution in [0.15, 0.2) is 151 Å². The molecule has 14 nitrogen and oxygen atoms in total. The Morgan fingerprint density at radius 1 is 0.838 bits per heavy atom. The summed E-state index contributed by atoms with van der Waals surface area (Å²) in [4.78, 5) is 46.2. The van der Waals surface area contributed by atoms with E-state index in [1.807, 2.05) is 97.9 Å². The third-order valence-electron chi connectivity index (χ3n) is 11.4. The second-order valence-electron chi connectivity index (χ2n) is 16.6. The number of hydrogen-bond acceptors (Lipinski definition) is 13. The average Bonchev–Trinajstić information content (AvgIpc) is 3.76. The molecule has 4 atom stereocenters. The number of aromatic nitrogens is 2. The van der Waals surface area contributed by atoms with E-state index < -0.39 is 50.1 Å². The second kappa shape index (κ2) is 22.9. The van der Waals surface area contributed by atoms with Crippen molar-refractivity contribution in [2.24, 2.45) is 0 Å². The molecule has 1 N–H and O–H groups in total. The zero-order chi connectivity index (χ0) is 48.2. The number of para-hydroxylation sites is 1. The van der Waals surface area contributed by atoms with Gasteiger partial charge in [-0.25, -0.2) is 19.1 Å². The Hall–Kier alpha value is -6.72. The summed E-state index contributed by atoms with van der Waals surface area (Å²) in [6, 6.07) is 44.0. The summed E-state index contributed by atoms with van der Waals surface area (Å²) in [5.41, 5.74) is 1.23. The molecule has 1 fully saturated rings. The molecule has 0 bridgehead atoms. The summed E-state index contributed by atoms with van der Waals surface area (Å²) in [5, 5.41) is 13.2. The number of methoxy groups -OCH3 is 1. The molecule has 1 saturated heterocycles. The Bertz CT molecular complexity index is 2680. The van der Waals surface area contributed by atoms with Crippen molar-refractivity contribution in [3.8, 4) is 17.6 Å². The van der Waals surface area contributed by atoms with Crippen LogP contribution < -0.4 is 20.5 Å². The third kappa shape index (κ3) is 11.2. The molecular formula is C53H56N5O9P. The van der Waals surface area contributed by atoms with Crippen molar-refractivity contribution in [2.75, 3.05) is 25.6 Å². The molecule has 1 aliphatic heterocycles. The highest BCUT2D eigenvalue weighted by Crippen LogP contribution is 2.50. The van der Waals surface area contributed by atoms with E-state index in [4.69, 9.17) is 28.0 Å². The van der Waals surface area contributed by atoms with Crippen LogP contribution in [-0.4, -0.2) is 70.8 Å². The Morgan fingerprint density at radius 3 is 2.01 bits per heavy atom. The van der Waals surface area contributed by atoms with E-state index in [9.17, 15) is 19.6 Å². The van der Waals surface area contributed by atoms with Crippen molar-refractivity contribution >= 4 is 26.3 Å². The average molecular weight is 938 g/mol. The van der Waals surface area contributed by atoms with Gasteiger partial charge in [0, 0.05) is 24.7 Å². The number of carbonyl (C=O) groups is 2. The minimum absolute atomic E-state index is 0.0431. The van der Waals surface area contributed by atoms with Crippen LogP contribution in [0.25, 0.3) is 0 Å². The lowest BCUT2D eigenvalue weighted by molar-refractivity contribution is -0.0513. The van der Waals surface area contributed by atoms with Crippen molar-refractivity contribution in [3.05, 3.63) is 190 Å². The fourth-order valence-corrected chi connectivity index (χ4v) is 10.1. The van der Waals surface area contributed by atoms with Gasteiger partial charge in [0.2, 0.25) is 0 Å². The number of hydrogen-bond donors (Lipinski definition) is 1. The van der Waals surface area contributed by atoms with Crippen LogP contribution >= 0.6 is 8.53 Å². The molecule has 68 heavy (non-hydrogen) atoms. The number of rotatable bonds is 20. The highest BCUT2D eigenvalue weighted by Gasteiger charge is 2.43. The maximum absolute atomic E-state index is 14.3. The van der Waals surface area contributed by atoms with Gasteiger partial charge in [-0.15, -0.1) is 0 Å². The SMILES string of the molecule is CCCOP(OC1C[C@H](n2ccc(NC(c3ccccc3)(c3ccccc3)c3ccc(OC)cc3)nc2=O)O[C@@H]1COC(=O)c1ccccc1C(=O)Oc1ccccc1C#N)N(C(C)C)C(C)C. The molecule has 0 radical (unpaired) electrons. The maximum atomic E-state index is 14.3. The Morgan fingerprint density at radius 2 is 1.43 bits per heavy atom. The molecule has 5 aromatic carbocycles. The van der Waals surface area contributed by atoms with Gasteiger partial charge < -0.3 is 33.3 Å². The van der Waals surface area contributed by atoms with Crippen molar-refractivity contribution in [1.29, 1.82) is 5.26 Å². The number of nitrogens with one attached hydrogen (secondary N) is 1. The first kappa shape index (κ1) is 49.2. The van der Waals surface area contributed by atoms with Crippen molar-refractivity contribution in [2.45, 2.75) is 83.5 Å². The Labute approximate surface area is 398 Å². The smallest absolute Gasteiger partial charge is 0.351 e. The predicted octanol–water partition coefficient (Wildman–Crippen LogP) is 10.0. The van der Waals surface area contributed by atoms with Crippen molar-refractivity contribution < 1.29 is 37.6 Å². The summed E-state index contributed by atoms with van der Waals surface area (Å²) in [7, 11) is -0.0149. The van der Waals surface area contributed by atoms with E-state index in [2.05, 4.69) is 42.7 Å². The standard InChI is InChI=1S/C53H56N5O9P/c1-7-32-64-68(58(36(2)3)37(4)5)67-46-33-49(65-47(46)35-63-50(59)43-23-15-16-24-44(43)51(60)66-45-25-17-14-18-38(45)34-54)57-31-30-48(55-52(57)61)56-53(39-19-10-8-11-20-39,40-21-12-9-13-22-40)41-26-28-42(62-6)29-27-41/h8-31,36-37,46-47,49H,7,32-33,35H2,1-6H3,(H,55,56,61)/t46?,47-,49-,68?/m1/s1. The van der Waals surface area contributed by atoms with Crippen LogP contribution in [-0.2, 0) is 24.1 Å². The quantitative estimate of drug-likeness (QED) is 0.0333. The zero-order valence-corrected chi connectivity index (χ0v) is 39.9. The lowest BCUT2D eigenvalue weighted by Crippen LogP contribution is -2.39. The summed E-state index contributed by atoms with van der Waals surface area (Å²) >= 11 is 0. The van der Waals surface area contributed by atoms with E-state index in [0.29, 0.717) is 18.2 Å². The highest BCUT2D eigenvalue weighted by molar-refractivity contribution is 7.44. The molecule has 0 spiro atoms. The first-order chi connectivity index (χ1) is 33.0. The lowest BCUT2D eigenvalue weighted by Gasteiger charge is -2.37. The molecule has 2 heterocycles. The van der Waals surface area contributed by atoms with Gasteiger partial charge in [-0.3, -0.25) is 4.57 Å². The third-order valence-corrected chi connectivity index (χ3v) is 13.6. The maximum Gasteiger partial charge on any atom is 0.351 e. The van der Waals surface area contributed by atoms with E-state index in [-0.39, 0.29) is 47.6 Å². The zero-order valence-electron chi connectivity index (χ0n) is 39.0. The topological polar surface area (TPSA) is 163 Å². The minimum atomic E-state index is -1.64. The van der Waals surface area contributed by atoms with Gasteiger partial charge in [0.15, 0.2) is 0 Å². The summed E-state index contributed by atoms with van der Waals surface area (Å²) in [6.45, 7) is 10.5. The summed E-state index contributed by atoms with van der Waals surface area (Å²) in [6.07, 6.45) is 0.147. The number of ether oxygens (including phenoxy) is 4. The largest absolute Gasteiger partial charge is 0.497 e. The van der Waals surface area contributed by atoms with E-state index in [1.165, 1.54) is 28.8 Å². The lowest BCUT2D eigenvalue weighted by atomic mass is 9.77. The second-order valence-corrected chi connectivity index (χ2v) is 18.0. The van der Waals surface area contributed by atoms with Crippen LogP contribution in [0, 0.1) is 11.3 Å². The van der Waals surface area contributed by atoms with E-state index in [0.717, 1.165) is 23.1 Å². The van der Waals surface area contributed by atoms with Crippen molar-refractivity contribution in [3.63, 3.8) is 0 Å². The molecule has 2 unspecified atom stereocenters. The number of nitrogens with zero attached hydrogens (tertiary/aromatic N) is 4. The van der Waals surface area contributed by atoms with Crippen LogP contribution in [0.1, 0.15) is 96.7 Å². The molecule has 0 saturated carbocycles. The minimum Gasteiger partial charge on any atom is -0.497 e. The van der Waals surface area contributed by atoms with Gasteiger partial charge in [0.25, 0.3) is 8.53 Å². The molecule has 352 valence electrons. The fraction of sp³-hybridized carbons (Fsp3) is 0.302. The van der Waals surface area contributed by atoms with Gasteiger partial charge in [0.1, 0.15) is 47.9 Å². The van der Waals surface area contributed by atoms with E-state index in [1.54, 1.807) is 43.6 Å². The fourth-order valence-electron chi connectivity index (χ4n) is 8.25. The molecule has 0 amide bonds. The first-order valence-corrected chi connectivity index (χ1v) is 23.7. The molecule has 7 rings (SSSR count). The Balaban J connectivity index is 1.19. The number of benzene rings is 5. The molecular weight excluding hydrogens is 882 g/mol. The summed E-state index contributed by atoms with van der Waals surface area (Å²) in [5.74, 6) is -0.562. The molecule has 15 heteroatoms. The predicted molar refractivity (Wildman–Crippen MR) is 259 cm³/mol. The molecule has 0 aliphatic carbocycles. The Kier molecular flexibility index (Phi) is 16.5. The van der Waals surface area contributed by atoms with Crippen molar-refractivity contribution in [1.82, 2.24) is 14.2 Å². The van der Waals surface area contributed by atoms with Gasteiger partial charge in [-0.2, -0.15) is 10.2 Å². The highest BCUT2D eigenvalue weighted by atomic mass is 31.2. The van der Waals surface area contributed by atoms with E-state index >= 15 is 0 Å². The monoisotopic (exact) mass is 937 g/mol. The van der Waals surface area contributed by atoms with Crippen LogP contribution in [0.5, 0.6) is 11.5 Å². The molecule has 1 aliphatic rings. The van der Waals surface area contributed by atoms with Crippen LogP contribution in [0.2, 0.25) is 0 Å². The molecule has 6 aromatic rings. The van der Waals surface area contributed by atoms with Crippen LogP contribution in [0.4, 0.5) is 5.82 Å². The summed E-state index contributed by atoms with van der Waals surface area (Å²) < 4.78 is 40.3. The van der Waals surface area contributed by atoms with Gasteiger partial charge >= 0.3 is 17.6 Å². The number of anilines is 1. The normalized spacial score (nSPS) is 16.3. The van der Waals surface area contributed by atoms with Gasteiger partial charge in [-0.1, -0.05) is 104 Å². The first-order valence-electron chi connectivity index (χ1n) is 22.6. The molecule has 1 aromatic heterocycles. The van der Waals surface area contributed by atoms with Gasteiger partial charge in [-0.05, 0) is 93.3 Å².